The third kappa shape index (κ3) is 2.87. The van der Waals surface area contributed by atoms with Crippen LogP contribution in [0.5, 0.6) is 0 Å². The summed E-state index contributed by atoms with van der Waals surface area (Å²) in [6, 6.07) is 7.27. The quantitative estimate of drug-likeness (QED) is 0.530. The number of nitrogens with two attached hydrogens (primary N) is 1. The number of benzene rings is 1. The van der Waals surface area contributed by atoms with Crippen LogP contribution in [-0.2, 0) is 5.60 Å². The molecule has 8 heteroatoms. The van der Waals surface area contributed by atoms with Crippen LogP contribution in [0.3, 0.4) is 0 Å². The molecule has 8 nitrogen and oxygen atoms in total. The highest BCUT2D eigenvalue weighted by Gasteiger charge is 2.25. The number of fused-ring (bicyclic) bond motifs is 1. The highest BCUT2D eigenvalue weighted by atomic mass is 16.4. The van der Waals surface area contributed by atoms with Crippen molar-refractivity contribution in [2.24, 2.45) is 0 Å². The van der Waals surface area contributed by atoms with Crippen molar-refractivity contribution in [3.8, 4) is 17.7 Å². The van der Waals surface area contributed by atoms with E-state index in [4.69, 9.17) is 10.2 Å². The summed E-state index contributed by atoms with van der Waals surface area (Å²) in [7, 11) is 0. The zero-order valence-corrected chi connectivity index (χ0v) is 13.8. The minimum atomic E-state index is -1.49. The fraction of sp³-hybridized carbons (Fsp3) is 0.111. The summed E-state index contributed by atoms with van der Waals surface area (Å²) in [4.78, 5) is 16.4. The smallest absolute Gasteiger partial charge is 0.238 e. The number of anilines is 1. The number of aliphatic hydroxyl groups is 1. The number of aromatic nitrogens is 5. The van der Waals surface area contributed by atoms with Crippen LogP contribution < -0.4 is 5.73 Å². The van der Waals surface area contributed by atoms with Gasteiger partial charge in [-0.3, -0.25) is 4.57 Å². The lowest BCUT2D eigenvalue weighted by molar-refractivity contribution is 0.0893. The molecule has 3 heterocycles. The number of hydrogen-bond donors (Lipinski definition) is 2. The summed E-state index contributed by atoms with van der Waals surface area (Å²) in [5.74, 6) is 6.66. The van der Waals surface area contributed by atoms with Gasteiger partial charge in [0.25, 0.3) is 0 Å². The maximum absolute atomic E-state index is 10.4. The zero-order chi connectivity index (χ0) is 18.1. The maximum Gasteiger partial charge on any atom is 0.238 e. The molecule has 0 amide bonds. The van der Waals surface area contributed by atoms with Crippen LogP contribution in [0.2, 0.25) is 0 Å². The predicted octanol–water partition coefficient (Wildman–Crippen LogP) is 1.64. The maximum atomic E-state index is 10.4. The summed E-state index contributed by atoms with van der Waals surface area (Å²) < 4.78 is 6.93. The SMILES string of the molecule is CC(O)(C#Cc1ccc2ncn(-c3ccnc(N)n3)c2c1)c1ncco1. The number of nitrogen functional groups attached to an aromatic ring is 1. The first-order valence-electron chi connectivity index (χ1n) is 7.74. The summed E-state index contributed by atoms with van der Waals surface area (Å²) >= 11 is 0. The Labute approximate surface area is 148 Å². The Kier molecular flexibility index (Phi) is 3.64. The molecule has 0 saturated carbocycles. The average molecular weight is 346 g/mol. The molecule has 0 saturated heterocycles. The van der Waals surface area contributed by atoms with E-state index in [1.54, 1.807) is 23.2 Å². The monoisotopic (exact) mass is 346 g/mol. The third-order valence-corrected chi connectivity index (χ3v) is 3.75. The number of rotatable bonds is 2. The lowest BCUT2D eigenvalue weighted by atomic mass is 10.1. The Morgan fingerprint density at radius 3 is 2.85 bits per heavy atom. The molecule has 4 rings (SSSR count). The molecular formula is C18H14N6O2. The van der Waals surface area contributed by atoms with Crippen LogP contribution in [0.15, 0.2) is 53.7 Å². The van der Waals surface area contributed by atoms with E-state index in [-0.39, 0.29) is 11.8 Å². The van der Waals surface area contributed by atoms with E-state index in [2.05, 4.69) is 31.8 Å². The van der Waals surface area contributed by atoms with Crippen LogP contribution in [0.25, 0.3) is 16.9 Å². The number of imidazole rings is 1. The molecule has 3 aromatic heterocycles. The Morgan fingerprint density at radius 1 is 1.19 bits per heavy atom. The second kappa shape index (κ2) is 5.98. The fourth-order valence-corrected chi connectivity index (χ4v) is 2.48. The van der Waals surface area contributed by atoms with E-state index in [0.717, 1.165) is 11.0 Å². The van der Waals surface area contributed by atoms with Crippen LogP contribution in [-0.4, -0.2) is 29.6 Å². The van der Waals surface area contributed by atoms with E-state index in [1.807, 2.05) is 18.2 Å². The van der Waals surface area contributed by atoms with Gasteiger partial charge in [-0.1, -0.05) is 11.8 Å². The Hall–Kier alpha value is -3.70. The van der Waals surface area contributed by atoms with E-state index in [9.17, 15) is 5.11 Å². The minimum absolute atomic E-state index is 0.146. The predicted molar refractivity (Wildman–Crippen MR) is 94.0 cm³/mol. The van der Waals surface area contributed by atoms with Gasteiger partial charge in [0.2, 0.25) is 11.8 Å². The average Bonchev–Trinajstić information content (AvgIpc) is 3.30. The van der Waals surface area contributed by atoms with Crippen molar-refractivity contribution in [3.63, 3.8) is 0 Å². The molecular weight excluding hydrogens is 332 g/mol. The molecule has 4 aromatic rings. The molecule has 3 N–H and O–H groups in total. The first kappa shape index (κ1) is 15.8. The number of nitrogens with zero attached hydrogens (tertiary/aromatic N) is 5. The fourth-order valence-electron chi connectivity index (χ4n) is 2.48. The summed E-state index contributed by atoms with van der Waals surface area (Å²) in [5.41, 5.74) is 6.47. The van der Waals surface area contributed by atoms with Crippen molar-refractivity contribution in [2.75, 3.05) is 5.73 Å². The molecule has 1 unspecified atom stereocenters. The van der Waals surface area contributed by atoms with Crippen molar-refractivity contribution in [3.05, 3.63) is 60.7 Å². The zero-order valence-electron chi connectivity index (χ0n) is 13.8. The van der Waals surface area contributed by atoms with Crippen molar-refractivity contribution < 1.29 is 9.52 Å². The van der Waals surface area contributed by atoms with Crippen molar-refractivity contribution in [1.29, 1.82) is 0 Å². The molecule has 0 fully saturated rings. The van der Waals surface area contributed by atoms with Crippen LogP contribution in [0, 0.1) is 11.8 Å². The van der Waals surface area contributed by atoms with Crippen molar-refractivity contribution in [2.45, 2.75) is 12.5 Å². The molecule has 1 aromatic carbocycles. The standard InChI is InChI=1S/C18H14N6O2/c1-18(25,16-20-8-9-26-16)6-4-12-2-3-13-14(10-12)24(11-22-13)15-5-7-21-17(19)23-15/h2-3,5,7-11,25H,1H3,(H2,19,21,23). The first-order valence-corrected chi connectivity index (χ1v) is 7.74. The van der Waals surface area contributed by atoms with Crippen LogP contribution >= 0.6 is 0 Å². The van der Waals surface area contributed by atoms with E-state index < -0.39 is 5.60 Å². The molecule has 1 atom stereocenters. The van der Waals surface area contributed by atoms with Crippen molar-refractivity contribution >= 4 is 17.0 Å². The third-order valence-electron chi connectivity index (χ3n) is 3.75. The molecule has 128 valence electrons. The van der Waals surface area contributed by atoms with Gasteiger partial charge in [0.05, 0.1) is 17.2 Å². The molecule has 0 aliphatic rings. The second-order valence-corrected chi connectivity index (χ2v) is 5.75. The topological polar surface area (TPSA) is 116 Å². The van der Waals surface area contributed by atoms with E-state index in [1.165, 1.54) is 19.4 Å². The summed E-state index contributed by atoms with van der Waals surface area (Å²) in [6.45, 7) is 1.53. The Balaban J connectivity index is 1.75. The minimum Gasteiger partial charge on any atom is -0.445 e. The molecule has 0 spiro atoms. The van der Waals surface area contributed by atoms with Crippen LogP contribution in [0.1, 0.15) is 18.4 Å². The highest BCUT2D eigenvalue weighted by molar-refractivity contribution is 5.78. The van der Waals surface area contributed by atoms with Gasteiger partial charge in [-0.25, -0.2) is 15.0 Å². The first-order chi connectivity index (χ1) is 12.5. The molecule has 0 aliphatic carbocycles. The summed E-state index contributed by atoms with van der Waals surface area (Å²) in [6.07, 6.45) is 6.10. The molecule has 0 bridgehead atoms. The molecule has 26 heavy (non-hydrogen) atoms. The largest absolute Gasteiger partial charge is 0.445 e. The lowest BCUT2D eigenvalue weighted by Gasteiger charge is -2.10. The molecule has 0 radical (unpaired) electrons. The summed E-state index contributed by atoms with van der Waals surface area (Å²) in [5, 5.41) is 10.4. The number of oxazole rings is 1. The van der Waals surface area contributed by atoms with Crippen molar-refractivity contribution in [1.82, 2.24) is 24.5 Å². The lowest BCUT2D eigenvalue weighted by Crippen LogP contribution is -2.18. The highest BCUT2D eigenvalue weighted by Crippen LogP contribution is 2.20. The normalized spacial score (nSPS) is 13.2. The second-order valence-electron chi connectivity index (χ2n) is 5.75. The van der Waals surface area contributed by atoms with Gasteiger partial charge in [0.1, 0.15) is 18.4 Å². The van der Waals surface area contributed by atoms with E-state index >= 15 is 0 Å². The van der Waals surface area contributed by atoms with Crippen LogP contribution in [0.4, 0.5) is 5.95 Å². The van der Waals surface area contributed by atoms with Gasteiger partial charge < -0.3 is 15.3 Å². The van der Waals surface area contributed by atoms with Gasteiger partial charge in [0, 0.05) is 11.8 Å². The Morgan fingerprint density at radius 2 is 2.08 bits per heavy atom. The van der Waals surface area contributed by atoms with Gasteiger partial charge in [0.15, 0.2) is 5.60 Å². The van der Waals surface area contributed by atoms with E-state index in [0.29, 0.717) is 11.4 Å². The van der Waals surface area contributed by atoms with Gasteiger partial charge in [-0.15, -0.1) is 0 Å². The van der Waals surface area contributed by atoms with Gasteiger partial charge >= 0.3 is 0 Å². The van der Waals surface area contributed by atoms with Gasteiger partial charge in [-0.2, -0.15) is 4.98 Å². The molecule has 0 aliphatic heterocycles. The Bertz CT molecular complexity index is 1140. The van der Waals surface area contributed by atoms with Gasteiger partial charge in [-0.05, 0) is 31.2 Å². The number of hydrogen-bond acceptors (Lipinski definition) is 7.